The fraction of sp³-hybridized carbons (Fsp3) is 0.500. The number of hydrogen-bond donors (Lipinski definition) is 7. The van der Waals surface area contributed by atoms with Crippen LogP contribution in [0.3, 0.4) is 0 Å². The van der Waals surface area contributed by atoms with E-state index in [1.165, 1.54) is 13.8 Å². The van der Waals surface area contributed by atoms with Crippen LogP contribution in [-0.2, 0) is 20.4 Å². The van der Waals surface area contributed by atoms with Crippen molar-refractivity contribution < 1.29 is 44.1 Å². The third-order valence-corrected chi connectivity index (χ3v) is 3.60. The molecule has 0 saturated carbocycles. The lowest BCUT2D eigenvalue weighted by atomic mass is 10.1. The lowest BCUT2D eigenvalue weighted by Gasteiger charge is -2.21. The topological polar surface area (TPSA) is 190 Å². The van der Waals surface area contributed by atoms with E-state index < -0.39 is 38.0 Å². The third kappa shape index (κ3) is 5.49. The number of hydrogen-bond acceptors (Lipinski definition) is 8. The van der Waals surface area contributed by atoms with Gasteiger partial charge in [0.1, 0.15) is 11.8 Å². The molecule has 1 heterocycles. The van der Waals surface area contributed by atoms with Crippen LogP contribution in [0.5, 0.6) is 5.75 Å². The maximum absolute atomic E-state index is 11.0. The summed E-state index contributed by atoms with van der Waals surface area (Å²) in [6, 6.07) is -1.37. The van der Waals surface area contributed by atoms with Gasteiger partial charge in [-0.15, -0.1) is 0 Å². The van der Waals surface area contributed by atoms with Crippen molar-refractivity contribution in [1.82, 2.24) is 10.3 Å². The minimum absolute atomic E-state index is 0.0737. The Bertz CT molecular complexity index is 646. The van der Waals surface area contributed by atoms with E-state index in [0.29, 0.717) is 0 Å². The van der Waals surface area contributed by atoms with E-state index in [1.807, 2.05) is 0 Å². The summed E-state index contributed by atoms with van der Waals surface area (Å²) in [5, 5.41) is 40.7. The van der Waals surface area contributed by atoms with E-state index >= 15 is 0 Å². The number of aliphatic hydroxyl groups excluding tert-OH is 2. The first-order chi connectivity index (χ1) is 10.9. The van der Waals surface area contributed by atoms with Gasteiger partial charge < -0.3 is 30.2 Å². The molecule has 0 amide bonds. The lowest BCUT2D eigenvalue weighted by Crippen LogP contribution is -2.44. The number of nitrogens with zero attached hydrogens (tertiary/aromatic N) is 1. The van der Waals surface area contributed by atoms with Gasteiger partial charge in [0.25, 0.3) is 0 Å². The van der Waals surface area contributed by atoms with Crippen LogP contribution in [0, 0.1) is 6.92 Å². The highest BCUT2D eigenvalue weighted by Gasteiger charge is 2.28. The van der Waals surface area contributed by atoms with Crippen LogP contribution in [0.15, 0.2) is 6.20 Å². The Labute approximate surface area is 136 Å². The second-order valence-corrected chi connectivity index (χ2v) is 6.20. The number of aliphatic hydroxyl groups is 2. The highest BCUT2D eigenvalue weighted by Crippen LogP contribution is 2.42. The summed E-state index contributed by atoms with van der Waals surface area (Å²) in [5.74, 6) is -1.76. The monoisotopic (exact) mass is 366 g/mol. The zero-order valence-corrected chi connectivity index (χ0v) is 13.7. The van der Waals surface area contributed by atoms with Crippen molar-refractivity contribution in [1.29, 1.82) is 0 Å². The van der Waals surface area contributed by atoms with Crippen LogP contribution < -0.4 is 5.32 Å². The number of rotatable bonds is 8. The molecule has 0 aliphatic rings. The van der Waals surface area contributed by atoms with Crippen LogP contribution in [-0.4, -0.2) is 53.3 Å². The molecule has 0 fully saturated rings. The van der Waals surface area contributed by atoms with Gasteiger partial charge >= 0.3 is 13.8 Å². The number of aliphatic carboxylic acids is 1. The van der Waals surface area contributed by atoms with Crippen molar-refractivity contribution >= 4 is 13.8 Å². The van der Waals surface area contributed by atoms with Crippen molar-refractivity contribution in [2.24, 2.45) is 0 Å². The summed E-state index contributed by atoms with van der Waals surface area (Å²) in [4.78, 5) is 32.3. The van der Waals surface area contributed by atoms with E-state index in [1.54, 1.807) is 0 Å². The first-order valence-corrected chi connectivity index (χ1v) is 8.20. The summed E-state index contributed by atoms with van der Waals surface area (Å²) < 4.78 is 15.0. The van der Waals surface area contributed by atoms with Crippen LogP contribution in [0.25, 0.3) is 0 Å². The Morgan fingerprint density at radius 3 is 2.46 bits per heavy atom. The molecule has 1 aromatic heterocycles. The molecule has 24 heavy (non-hydrogen) atoms. The normalized spacial score (nSPS) is 15.8. The number of carboxylic acid groups (broad SMARTS) is 1. The number of aromatic nitrogens is 1. The molecule has 136 valence electrons. The molecule has 0 bridgehead atoms. The number of nitrogens with one attached hydrogen (secondary N) is 1. The molecule has 1 rings (SSSR count). The number of carboxylic acids is 1. The van der Waals surface area contributed by atoms with E-state index in [9.17, 15) is 24.7 Å². The maximum Gasteiger partial charge on any atom is 0.472 e. The van der Waals surface area contributed by atoms with Crippen molar-refractivity contribution in [3.63, 3.8) is 0 Å². The summed E-state index contributed by atoms with van der Waals surface area (Å²) >= 11 is 0. The zero-order valence-electron chi connectivity index (χ0n) is 12.8. The van der Waals surface area contributed by atoms with Crippen LogP contribution in [0.1, 0.15) is 30.0 Å². The van der Waals surface area contributed by atoms with Gasteiger partial charge in [0.05, 0.1) is 11.8 Å². The summed E-state index contributed by atoms with van der Waals surface area (Å²) in [6.07, 6.45) is -2.33. The smallest absolute Gasteiger partial charge is 0.472 e. The van der Waals surface area contributed by atoms with Crippen molar-refractivity contribution in [2.45, 2.75) is 38.8 Å². The molecule has 0 spiro atoms. The number of phosphoric acid groups is 1. The second-order valence-electron chi connectivity index (χ2n) is 5.01. The van der Waals surface area contributed by atoms with Gasteiger partial charge in [0, 0.05) is 23.9 Å². The molecule has 3 atom stereocenters. The number of phosphoric ester groups is 1. The first-order valence-electron chi connectivity index (χ1n) is 6.67. The van der Waals surface area contributed by atoms with Gasteiger partial charge in [-0.3, -0.25) is 19.6 Å². The lowest BCUT2D eigenvalue weighted by molar-refractivity contribution is -0.142. The van der Waals surface area contributed by atoms with E-state index in [2.05, 4.69) is 14.8 Å². The Hall–Kier alpha value is -1.59. The molecule has 7 N–H and O–H groups in total. The molecule has 12 heteroatoms. The average molecular weight is 366 g/mol. The molecule has 0 aliphatic carbocycles. The molecule has 0 radical (unpaired) electrons. The molecule has 1 unspecified atom stereocenters. The molecular weight excluding hydrogens is 347 g/mol. The SMILES string of the molecule is Cc1ncc(C(O)OP(=O)(O)O)c(CN[C@H](C(=O)O)[C@@H](C)O)c1O. The van der Waals surface area contributed by atoms with Crippen molar-refractivity contribution in [3.8, 4) is 5.75 Å². The average Bonchev–Trinajstić information content (AvgIpc) is 2.40. The van der Waals surface area contributed by atoms with Gasteiger partial charge in [-0.1, -0.05) is 0 Å². The zero-order chi connectivity index (χ0) is 18.7. The third-order valence-electron chi connectivity index (χ3n) is 3.12. The van der Waals surface area contributed by atoms with Crippen LogP contribution in [0.4, 0.5) is 0 Å². The highest BCUT2D eigenvalue weighted by molar-refractivity contribution is 7.46. The van der Waals surface area contributed by atoms with Crippen molar-refractivity contribution in [3.05, 3.63) is 23.0 Å². The largest absolute Gasteiger partial charge is 0.506 e. The number of pyridine rings is 1. The number of aryl methyl sites for hydroxylation is 1. The quantitative estimate of drug-likeness (QED) is 0.223. The van der Waals surface area contributed by atoms with E-state index in [0.717, 1.165) is 6.20 Å². The van der Waals surface area contributed by atoms with Gasteiger partial charge in [0.15, 0.2) is 6.29 Å². The molecule has 0 aliphatic heterocycles. The molecule has 0 saturated heterocycles. The number of carbonyl (C=O) groups is 1. The summed E-state index contributed by atoms with van der Waals surface area (Å²) in [6.45, 7) is 2.34. The Morgan fingerprint density at radius 1 is 1.42 bits per heavy atom. The Kier molecular flexibility index (Phi) is 6.81. The Balaban J connectivity index is 3.14. The molecular formula is C12H19N2O9P. The van der Waals surface area contributed by atoms with Gasteiger partial charge in [-0.05, 0) is 13.8 Å². The summed E-state index contributed by atoms with van der Waals surface area (Å²) in [7, 11) is -5.02. The fourth-order valence-corrected chi connectivity index (χ4v) is 2.30. The van der Waals surface area contributed by atoms with Crippen LogP contribution >= 0.6 is 7.82 Å². The maximum atomic E-state index is 11.0. The summed E-state index contributed by atoms with van der Waals surface area (Å²) in [5.41, 5.74) is -0.193. The predicted octanol–water partition coefficient (Wildman–Crippen LogP) is -0.881. The standard InChI is InChI=1S/C12H19N2O9P/c1-5-10(16)7(3-14-9(6(2)15)11(17)18)8(4-13-5)12(19)23-24(20,21)22/h4,6,9,12,14-16,19H,3H2,1-2H3,(H,17,18)(H2,20,21,22)/t6-,9+,12?/m1/s1. The van der Waals surface area contributed by atoms with Gasteiger partial charge in [0.2, 0.25) is 0 Å². The number of aromatic hydroxyl groups is 1. The minimum atomic E-state index is -5.02. The van der Waals surface area contributed by atoms with E-state index in [-0.39, 0.29) is 23.4 Å². The minimum Gasteiger partial charge on any atom is -0.506 e. The molecule has 1 aromatic rings. The van der Waals surface area contributed by atoms with Gasteiger partial charge in [-0.2, -0.15) is 0 Å². The Morgan fingerprint density at radius 2 is 2.00 bits per heavy atom. The van der Waals surface area contributed by atoms with Crippen LogP contribution in [0.2, 0.25) is 0 Å². The molecule has 11 nitrogen and oxygen atoms in total. The highest BCUT2D eigenvalue weighted by atomic mass is 31.2. The van der Waals surface area contributed by atoms with E-state index in [4.69, 9.17) is 14.9 Å². The van der Waals surface area contributed by atoms with Crippen molar-refractivity contribution in [2.75, 3.05) is 0 Å². The fourth-order valence-electron chi connectivity index (χ4n) is 1.92. The molecule has 0 aromatic carbocycles. The first kappa shape index (κ1) is 20.5. The predicted molar refractivity (Wildman–Crippen MR) is 78.7 cm³/mol. The van der Waals surface area contributed by atoms with Gasteiger partial charge in [-0.25, -0.2) is 4.57 Å². The second kappa shape index (κ2) is 7.99.